The summed E-state index contributed by atoms with van der Waals surface area (Å²) in [5.74, 6) is -3.82. The number of aromatic amines is 1. The molecule has 0 radical (unpaired) electrons. The Morgan fingerprint density at radius 2 is 1.59 bits per heavy atom. The largest absolute Gasteiger partial charge is 0.370 e. The summed E-state index contributed by atoms with van der Waals surface area (Å²) in [4.78, 5) is 97.1. The Labute approximate surface area is 330 Å². The van der Waals surface area contributed by atoms with Crippen LogP contribution in [0.4, 0.5) is 0 Å². The number of aromatic nitrogens is 1. The maximum Gasteiger partial charge on any atom is 0.247 e. The molecule has 0 spiro atoms. The molecule has 0 saturated carbocycles. The second kappa shape index (κ2) is 21.0. The number of nitrogens with one attached hydrogen (secondary N) is 5. The number of likely N-dealkylation sites (tertiary alicyclic amines) is 1. The van der Waals surface area contributed by atoms with E-state index in [1.54, 1.807) is 17.9 Å². The van der Waals surface area contributed by atoms with Gasteiger partial charge in [0.2, 0.25) is 35.4 Å². The molecule has 3 aromatic rings. The minimum atomic E-state index is -1.37. The quantitative estimate of drug-likeness (QED) is 0.0767. The number of para-hydroxylation sites is 1. The van der Waals surface area contributed by atoms with Crippen LogP contribution in [0.25, 0.3) is 10.9 Å². The highest BCUT2D eigenvalue weighted by Crippen LogP contribution is 2.21. The van der Waals surface area contributed by atoms with Crippen LogP contribution in [0.3, 0.4) is 0 Å². The van der Waals surface area contributed by atoms with E-state index in [9.17, 15) is 33.6 Å². The van der Waals surface area contributed by atoms with Gasteiger partial charge in [-0.2, -0.15) is 0 Å². The number of hydrogen-bond acceptors (Lipinski definition) is 9. The van der Waals surface area contributed by atoms with E-state index in [1.165, 1.54) is 22.7 Å². The van der Waals surface area contributed by atoms with Gasteiger partial charge in [-0.1, -0.05) is 62.4 Å². The molecule has 0 bridgehead atoms. The van der Waals surface area contributed by atoms with Crippen LogP contribution in [-0.2, 0) is 46.4 Å². The van der Waals surface area contributed by atoms with Crippen molar-refractivity contribution in [3.05, 3.63) is 83.4 Å². The second-order valence-corrected chi connectivity index (χ2v) is 15.0. The molecule has 9 N–H and O–H groups in total. The lowest BCUT2D eigenvalue weighted by Gasteiger charge is -2.30. The monoisotopic (exact) mass is 788 g/mol. The van der Waals surface area contributed by atoms with Crippen molar-refractivity contribution in [2.24, 2.45) is 17.4 Å². The van der Waals surface area contributed by atoms with E-state index in [-0.39, 0.29) is 37.5 Å². The van der Waals surface area contributed by atoms with Crippen molar-refractivity contribution in [1.29, 1.82) is 0 Å². The van der Waals surface area contributed by atoms with Gasteiger partial charge in [0.1, 0.15) is 30.5 Å². The molecule has 2 aromatic carbocycles. The van der Waals surface area contributed by atoms with Gasteiger partial charge in [-0.15, -0.1) is 11.8 Å². The predicted octanol–water partition coefficient (Wildman–Crippen LogP) is 1.21. The molecular formula is C40H52N8O7S. The van der Waals surface area contributed by atoms with Crippen molar-refractivity contribution < 1.29 is 33.6 Å². The molecule has 16 heteroatoms. The van der Waals surface area contributed by atoms with Gasteiger partial charge in [0.25, 0.3) is 0 Å². The van der Waals surface area contributed by atoms with Gasteiger partial charge in [-0.05, 0) is 66.5 Å². The minimum Gasteiger partial charge on any atom is -0.370 e. The molecule has 1 fully saturated rings. The molecule has 1 aromatic heterocycles. The summed E-state index contributed by atoms with van der Waals surface area (Å²) in [5, 5.41) is 13.3. The van der Waals surface area contributed by atoms with E-state index in [2.05, 4.69) is 26.3 Å². The molecule has 0 unspecified atom stereocenters. The van der Waals surface area contributed by atoms with Gasteiger partial charge in [0.15, 0.2) is 0 Å². The summed E-state index contributed by atoms with van der Waals surface area (Å²) in [6, 6.07) is 10.2. The molecule has 1 aliphatic rings. The number of carbonyl (C=O) groups is 7. The summed E-state index contributed by atoms with van der Waals surface area (Å²) < 4.78 is 0. The van der Waals surface area contributed by atoms with Crippen molar-refractivity contribution in [2.45, 2.75) is 88.6 Å². The molecule has 4 rings (SSSR count). The zero-order chi connectivity index (χ0) is 40.8. The smallest absolute Gasteiger partial charge is 0.247 e. The van der Waals surface area contributed by atoms with Crippen LogP contribution in [0, 0.1) is 5.92 Å². The number of H-pyrrole nitrogens is 1. The fourth-order valence-electron chi connectivity index (χ4n) is 6.57. The van der Waals surface area contributed by atoms with Crippen LogP contribution < -0.4 is 32.7 Å². The third-order valence-corrected chi connectivity index (χ3v) is 9.91. The van der Waals surface area contributed by atoms with Crippen LogP contribution in [0.2, 0.25) is 0 Å². The molecular weight excluding hydrogens is 737 g/mol. The van der Waals surface area contributed by atoms with Crippen molar-refractivity contribution in [2.75, 3.05) is 12.8 Å². The van der Waals surface area contributed by atoms with E-state index in [0.29, 0.717) is 31.2 Å². The molecule has 0 aliphatic carbocycles. The Balaban J connectivity index is 1.58. The molecule has 56 heavy (non-hydrogen) atoms. The molecule has 6 amide bonds. The lowest BCUT2D eigenvalue weighted by Crippen LogP contribution is -2.59. The summed E-state index contributed by atoms with van der Waals surface area (Å²) in [7, 11) is 0. The lowest BCUT2D eigenvalue weighted by atomic mass is 10.0. The van der Waals surface area contributed by atoms with Crippen molar-refractivity contribution in [3.8, 4) is 0 Å². The van der Waals surface area contributed by atoms with Gasteiger partial charge in [0.05, 0.1) is 12.1 Å². The van der Waals surface area contributed by atoms with E-state index in [1.807, 2.05) is 68.4 Å². The number of carbonyl (C=O) groups excluding carboxylic acids is 7. The number of aldehydes is 1. The first kappa shape index (κ1) is 43.3. The molecule has 2 heterocycles. The van der Waals surface area contributed by atoms with Crippen LogP contribution in [0.1, 0.15) is 50.7 Å². The Bertz CT molecular complexity index is 1880. The van der Waals surface area contributed by atoms with Gasteiger partial charge >= 0.3 is 0 Å². The average Bonchev–Trinajstić information content (AvgIpc) is 3.74. The van der Waals surface area contributed by atoms with Gasteiger partial charge in [-0.25, -0.2) is 0 Å². The average molecular weight is 789 g/mol. The number of thioether (sulfide) groups is 1. The maximum atomic E-state index is 14.1. The summed E-state index contributed by atoms with van der Waals surface area (Å²) in [6.45, 7) is 4.12. The number of hydrogen-bond donors (Lipinski definition) is 7. The second-order valence-electron chi connectivity index (χ2n) is 14.3. The van der Waals surface area contributed by atoms with Crippen LogP contribution in [-0.4, -0.2) is 101 Å². The van der Waals surface area contributed by atoms with Crippen molar-refractivity contribution >= 4 is 64.4 Å². The number of nitrogens with zero attached hydrogens (tertiary/aromatic N) is 1. The molecule has 6 atom stereocenters. The lowest BCUT2D eigenvalue weighted by molar-refractivity contribution is -0.139. The topological polar surface area (TPSA) is 239 Å². The third kappa shape index (κ3) is 12.3. The Hall–Kier alpha value is -5.48. The van der Waals surface area contributed by atoms with Gasteiger partial charge in [0, 0.05) is 36.5 Å². The fourth-order valence-corrected chi connectivity index (χ4v) is 6.88. The fraction of sp³-hybridized carbons (Fsp3) is 0.425. The highest BCUT2D eigenvalue weighted by atomic mass is 32.2. The SMILES string of the molecule is CS/C=C\[C@H](NC(=O)[C@H](CC(C)C)N1CC[C@@H](N)C1=O)C(=O)N[C@@H](CCC(N)=O)C(=O)N[C@@H](Cc1c[nH]c2ccccc12)C(=O)N[C@H](C=O)Cc1ccccc1. The first-order valence-corrected chi connectivity index (χ1v) is 19.9. The van der Waals surface area contributed by atoms with Crippen LogP contribution >= 0.6 is 11.8 Å². The van der Waals surface area contributed by atoms with E-state index in [4.69, 9.17) is 11.5 Å². The number of rotatable bonds is 21. The first-order valence-electron chi connectivity index (χ1n) is 18.6. The standard InChI is InChI=1S/C40H52N8O7S/c1-24(2)19-34(48-17-15-29(41)40(48)55)39(54)46-32(16-18-56-3)37(52)45-31(13-14-35(42)50)36(51)47-33(21-26-22-43-30-12-8-7-11-28(26)30)38(53)44-27(23-49)20-25-9-5-4-6-10-25/h4-12,16,18,22-24,27,29,31-34,43H,13-15,17,19-21,41H2,1-3H3,(H2,42,50)(H,44,53)(H,45,52)(H,46,54)(H,47,51)/b18-16-/t27-,29+,31-,32-,33-,34-/m0/s1. The number of fused-ring (bicyclic) bond motifs is 1. The Kier molecular flexibility index (Phi) is 16.2. The van der Waals surface area contributed by atoms with Gasteiger partial charge < -0.3 is 47.4 Å². The Morgan fingerprint density at radius 1 is 0.911 bits per heavy atom. The van der Waals surface area contributed by atoms with E-state index < -0.39 is 65.8 Å². The van der Waals surface area contributed by atoms with Crippen molar-refractivity contribution in [3.63, 3.8) is 0 Å². The highest BCUT2D eigenvalue weighted by Gasteiger charge is 2.39. The summed E-state index contributed by atoms with van der Waals surface area (Å²) >= 11 is 1.27. The maximum absolute atomic E-state index is 14.1. The number of primary amides is 1. The molecule has 300 valence electrons. The first-order chi connectivity index (χ1) is 26.8. The van der Waals surface area contributed by atoms with Gasteiger partial charge in [-0.3, -0.25) is 28.8 Å². The van der Waals surface area contributed by atoms with E-state index >= 15 is 0 Å². The van der Waals surface area contributed by atoms with E-state index in [0.717, 1.165) is 16.5 Å². The normalized spacial score (nSPS) is 16.9. The Morgan fingerprint density at radius 3 is 2.23 bits per heavy atom. The number of amides is 6. The van der Waals surface area contributed by atoms with Crippen molar-refractivity contribution in [1.82, 2.24) is 31.2 Å². The minimum absolute atomic E-state index is 0.0141. The van der Waals surface area contributed by atoms with Crippen LogP contribution in [0.5, 0.6) is 0 Å². The zero-order valence-electron chi connectivity index (χ0n) is 31.9. The van der Waals surface area contributed by atoms with Crippen LogP contribution in [0.15, 0.2) is 72.3 Å². The summed E-state index contributed by atoms with van der Waals surface area (Å²) in [5.41, 5.74) is 13.7. The molecule has 1 saturated heterocycles. The molecule has 1 aliphatic heterocycles. The summed E-state index contributed by atoms with van der Waals surface area (Å²) in [6.07, 6.45) is 6.01. The third-order valence-electron chi connectivity index (χ3n) is 9.48. The predicted molar refractivity (Wildman–Crippen MR) is 215 cm³/mol. The highest BCUT2D eigenvalue weighted by molar-refractivity contribution is 8.01. The molecule has 15 nitrogen and oxygen atoms in total. The zero-order valence-corrected chi connectivity index (χ0v) is 32.7. The number of nitrogens with two attached hydrogens (primary N) is 2. The number of benzene rings is 2.